The molecule has 1 aliphatic rings. The van der Waals surface area contributed by atoms with E-state index in [1.165, 1.54) is 11.1 Å². The van der Waals surface area contributed by atoms with E-state index in [-0.39, 0.29) is 5.25 Å². The second-order valence-electron chi connectivity index (χ2n) is 5.50. The van der Waals surface area contributed by atoms with E-state index in [0.717, 1.165) is 12.2 Å². The molecule has 2 rings (SSSR count). The Balaban J connectivity index is 2.12. The molecule has 3 nitrogen and oxygen atoms in total. The zero-order valence-corrected chi connectivity index (χ0v) is 14.0. The van der Waals surface area contributed by atoms with Gasteiger partial charge in [-0.2, -0.15) is 11.8 Å². The third-order valence-corrected chi connectivity index (χ3v) is 7.38. The first-order valence-electron chi connectivity index (χ1n) is 7.09. The van der Waals surface area contributed by atoms with Crippen LogP contribution in [-0.4, -0.2) is 36.8 Å². The Morgan fingerprint density at radius 1 is 1.25 bits per heavy atom. The van der Waals surface area contributed by atoms with Crippen molar-refractivity contribution in [3.05, 3.63) is 35.4 Å². The largest absolute Gasteiger partial charge is 0.216 e. The van der Waals surface area contributed by atoms with Crippen LogP contribution in [-0.2, 0) is 10.0 Å². The van der Waals surface area contributed by atoms with Gasteiger partial charge >= 0.3 is 0 Å². The van der Waals surface area contributed by atoms with Crippen molar-refractivity contribution in [1.82, 2.24) is 4.31 Å². The fourth-order valence-corrected chi connectivity index (χ4v) is 5.24. The molecule has 1 aromatic carbocycles. The monoisotopic (exact) mass is 313 g/mol. The summed E-state index contributed by atoms with van der Waals surface area (Å²) in [6, 6.07) is 8.41. The predicted octanol–water partition coefficient (Wildman–Crippen LogP) is 3.21. The van der Waals surface area contributed by atoms with Crippen LogP contribution < -0.4 is 0 Å². The van der Waals surface area contributed by atoms with E-state index in [4.69, 9.17) is 0 Å². The summed E-state index contributed by atoms with van der Waals surface area (Å²) in [6.45, 7) is 6.90. The van der Waals surface area contributed by atoms with Crippen LogP contribution in [0.3, 0.4) is 0 Å². The number of benzene rings is 1. The molecule has 0 saturated carbocycles. The molecule has 0 aliphatic carbocycles. The molecule has 1 fully saturated rings. The van der Waals surface area contributed by atoms with Crippen molar-refractivity contribution in [2.24, 2.45) is 0 Å². The molecular weight excluding hydrogens is 290 g/mol. The smallest absolute Gasteiger partial charge is 0.212 e. The van der Waals surface area contributed by atoms with E-state index in [2.05, 4.69) is 31.2 Å². The molecule has 1 saturated heterocycles. The van der Waals surface area contributed by atoms with Crippen molar-refractivity contribution in [3.8, 4) is 0 Å². The summed E-state index contributed by atoms with van der Waals surface area (Å²) in [6.07, 6.45) is 0.890. The first kappa shape index (κ1) is 15.9. The number of hydrogen-bond acceptors (Lipinski definition) is 3. The van der Waals surface area contributed by atoms with Crippen molar-refractivity contribution >= 4 is 21.8 Å². The van der Waals surface area contributed by atoms with Crippen molar-refractivity contribution in [2.45, 2.75) is 37.7 Å². The minimum atomic E-state index is -3.12. The van der Waals surface area contributed by atoms with Crippen LogP contribution in [0.2, 0.25) is 0 Å². The number of hydrogen-bond donors (Lipinski definition) is 0. The maximum Gasteiger partial charge on any atom is 0.216 e. The van der Waals surface area contributed by atoms with Crippen LogP contribution in [0, 0.1) is 6.92 Å². The highest BCUT2D eigenvalue weighted by atomic mass is 32.2. The minimum Gasteiger partial charge on any atom is -0.212 e. The average molecular weight is 313 g/mol. The molecule has 0 spiro atoms. The van der Waals surface area contributed by atoms with Gasteiger partial charge in [-0.1, -0.05) is 24.3 Å². The second-order valence-corrected chi connectivity index (χ2v) is 9.30. The fourth-order valence-electron chi connectivity index (χ4n) is 2.50. The third-order valence-electron chi connectivity index (χ3n) is 3.79. The van der Waals surface area contributed by atoms with E-state index in [1.807, 2.05) is 11.8 Å². The van der Waals surface area contributed by atoms with E-state index >= 15 is 0 Å². The van der Waals surface area contributed by atoms with E-state index in [9.17, 15) is 8.42 Å². The molecule has 1 aliphatic heterocycles. The Labute approximate surface area is 126 Å². The van der Waals surface area contributed by atoms with E-state index < -0.39 is 10.0 Å². The highest BCUT2D eigenvalue weighted by Gasteiger charge is 2.29. The molecule has 0 radical (unpaired) electrons. The number of rotatable bonds is 3. The Bertz CT molecular complexity index is 555. The Morgan fingerprint density at radius 3 is 2.60 bits per heavy atom. The van der Waals surface area contributed by atoms with Gasteiger partial charge in [0, 0.05) is 24.1 Å². The van der Waals surface area contributed by atoms with Crippen LogP contribution in [0.1, 0.15) is 36.6 Å². The molecule has 5 heteroatoms. The standard InChI is InChI=1S/C15H23NO2S2/c1-12(2)20(17,18)16-9-8-15(19-11-10-16)14-7-5-4-6-13(14)3/h4-7,12,15H,8-11H2,1-3H3. The van der Waals surface area contributed by atoms with Gasteiger partial charge in [0.1, 0.15) is 0 Å². The van der Waals surface area contributed by atoms with Crippen LogP contribution >= 0.6 is 11.8 Å². The first-order valence-corrected chi connectivity index (χ1v) is 9.64. The summed E-state index contributed by atoms with van der Waals surface area (Å²) >= 11 is 1.88. The highest BCUT2D eigenvalue weighted by molar-refractivity contribution is 7.99. The molecule has 1 heterocycles. The van der Waals surface area contributed by atoms with Crippen molar-refractivity contribution in [2.75, 3.05) is 18.8 Å². The molecule has 1 aromatic rings. The van der Waals surface area contributed by atoms with Gasteiger partial charge in [-0.25, -0.2) is 12.7 Å². The molecule has 0 N–H and O–H groups in total. The molecule has 20 heavy (non-hydrogen) atoms. The molecule has 0 amide bonds. The zero-order chi connectivity index (χ0) is 14.8. The van der Waals surface area contributed by atoms with Crippen LogP contribution in [0.5, 0.6) is 0 Å². The van der Waals surface area contributed by atoms with Gasteiger partial charge in [0.2, 0.25) is 10.0 Å². The van der Waals surface area contributed by atoms with Crippen molar-refractivity contribution < 1.29 is 8.42 Å². The maximum atomic E-state index is 12.3. The second kappa shape index (κ2) is 6.50. The Hall–Kier alpha value is -0.520. The topological polar surface area (TPSA) is 37.4 Å². The number of thioether (sulfide) groups is 1. The molecule has 0 aromatic heterocycles. The summed E-state index contributed by atoms with van der Waals surface area (Å²) in [7, 11) is -3.12. The summed E-state index contributed by atoms with van der Waals surface area (Å²) < 4.78 is 26.2. The lowest BCUT2D eigenvalue weighted by molar-refractivity contribution is 0.422. The van der Waals surface area contributed by atoms with Crippen LogP contribution in [0.4, 0.5) is 0 Å². The predicted molar refractivity (Wildman–Crippen MR) is 86.6 cm³/mol. The lowest BCUT2D eigenvalue weighted by Crippen LogP contribution is -2.37. The number of aryl methyl sites for hydroxylation is 1. The number of sulfonamides is 1. The SMILES string of the molecule is Cc1ccccc1C1CCN(S(=O)(=O)C(C)C)CCS1. The fraction of sp³-hybridized carbons (Fsp3) is 0.600. The van der Waals surface area contributed by atoms with E-state index in [0.29, 0.717) is 18.3 Å². The molecular formula is C15H23NO2S2. The zero-order valence-electron chi connectivity index (χ0n) is 12.4. The summed E-state index contributed by atoms with van der Waals surface area (Å²) in [5.41, 5.74) is 2.64. The molecule has 1 unspecified atom stereocenters. The lowest BCUT2D eigenvalue weighted by atomic mass is 10.0. The van der Waals surface area contributed by atoms with Crippen molar-refractivity contribution in [3.63, 3.8) is 0 Å². The average Bonchev–Trinajstić information content (AvgIpc) is 2.65. The van der Waals surface area contributed by atoms with Gasteiger partial charge in [0.05, 0.1) is 5.25 Å². The Kier molecular flexibility index (Phi) is 5.15. The highest BCUT2D eigenvalue weighted by Crippen LogP contribution is 2.36. The number of nitrogens with zero attached hydrogens (tertiary/aromatic N) is 1. The minimum absolute atomic E-state index is 0.331. The lowest BCUT2D eigenvalue weighted by Gasteiger charge is -2.22. The molecule has 112 valence electrons. The third kappa shape index (κ3) is 3.38. The van der Waals surface area contributed by atoms with Gasteiger partial charge in [-0.3, -0.25) is 0 Å². The van der Waals surface area contributed by atoms with Gasteiger partial charge < -0.3 is 0 Å². The summed E-state index contributed by atoms with van der Waals surface area (Å²) in [5, 5.41) is 0.0751. The molecule has 0 bridgehead atoms. The Morgan fingerprint density at radius 2 is 1.95 bits per heavy atom. The van der Waals surface area contributed by atoms with Crippen LogP contribution in [0.25, 0.3) is 0 Å². The quantitative estimate of drug-likeness (QED) is 0.860. The van der Waals surface area contributed by atoms with E-state index in [1.54, 1.807) is 18.2 Å². The summed E-state index contributed by atoms with van der Waals surface area (Å²) in [5.74, 6) is 0.866. The summed E-state index contributed by atoms with van der Waals surface area (Å²) in [4.78, 5) is 0. The maximum absolute atomic E-state index is 12.3. The normalized spacial score (nSPS) is 21.9. The van der Waals surface area contributed by atoms with Crippen LogP contribution in [0.15, 0.2) is 24.3 Å². The van der Waals surface area contributed by atoms with Gasteiger partial charge in [-0.05, 0) is 38.3 Å². The molecule has 1 atom stereocenters. The van der Waals surface area contributed by atoms with Gasteiger partial charge in [0.25, 0.3) is 0 Å². The van der Waals surface area contributed by atoms with Gasteiger partial charge in [0.15, 0.2) is 0 Å². The van der Waals surface area contributed by atoms with Gasteiger partial charge in [-0.15, -0.1) is 0 Å². The van der Waals surface area contributed by atoms with Crippen molar-refractivity contribution in [1.29, 1.82) is 0 Å². The first-order chi connectivity index (χ1) is 9.43.